The normalized spacial score (nSPS) is 18.3. The number of aromatic nitrogens is 4. The van der Waals surface area contributed by atoms with Crippen LogP contribution in [0, 0.1) is 13.8 Å². The average molecular weight is 483 g/mol. The molecule has 4 rings (SSSR count). The number of rotatable bonds is 6. The van der Waals surface area contributed by atoms with E-state index in [0.717, 1.165) is 22.5 Å². The minimum atomic E-state index is -0.103. The molecule has 0 saturated carbocycles. The Morgan fingerprint density at radius 2 is 1.79 bits per heavy atom. The maximum atomic E-state index is 12.8. The summed E-state index contributed by atoms with van der Waals surface area (Å²) < 4.78 is 7.40. The molecule has 1 aliphatic rings. The van der Waals surface area contributed by atoms with E-state index < -0.39 is 0 Å². The summed E-state index contributed by atoms with van der Waals surface area (Å²) >= 11 is 1.45. The second kappa shape index (κ2) is 10.1. The van der Waals surface area contributed by atoms with E-state index in [2.05, 4.69) is 20.4 Å². The van der Waals surface area contributed by atoms with Crippen molar-refractivity contribution >= 4 is 29.4 Å². The van der Waals surface area contributed by atoms with Crippen LogP contribution in [0.4, 0.5) is 0 Å². The van der Waals surface area contributed by atoms with E-state index in [1.807, 2.05) is 63.1 Å². The third-order valence-corrected chi connectivity index (χ3v) is 6.48. The molecule has 0 bridgehead atoms. The first-order valence-corrected chi connectivity index (χ1v) is 12.5. The molecule has 3 aromatic rings. The highest BCUT2D eigenvalue weighted by Crippen LogP contribution is 2.18. The first kappa shape index (κ1) is 24.2. The maximum Gasteiger partial charge on any atom is 0.254 e. The number of hydrogen-bond donors (Lipinski definition) is 1. The van der Waals surface area contributed by atoms with E-state index in [9.17, 15) is 9.59 Å². The van der Waals surface area contributed by atoms with Gasteiger partial charge in [-0.1, -0.05) is 23.9 Å². The van der Waals surface area contributed by atoms with Crippen LogP contribution in [0.2, 0.25) is 0 Å². The smallest absolute Gasteiger partial charge is 0.254 e. The summed E-state index contributed by atoms with van der Waals surface area (Å²) in [5.74, 6) is 0.442. The molecule has 34 heavy (non-hydrogen) atoms. The molecule has 1 saturated heterocycles. The Kier molecular flexibility index (Phi) is 7.18. The highest BCUT2D eigenvalue weighted by Gasteiger charge is 2.26. The number of thioether (sulfide) groups is 1. The monoisotopic (exact) mass is 482 g/mol. The Bertz CT molecular complexity index is 1200. The first-order valence-electron chi connectivity index (χ1n) is 11.3. The van der Waals surface area contributed by atoms with Crippen molar-refractivity contribution in [2.24, 2.45) is 0 Å². The number of carbonyl (C=O) groups is 2. The van der Waals surface area contributed by atoms with Crippen LogP contribution in [-0.4, -0.2) is 67.8 Å². The van der Waals surface area contributed by atoms with Gasteiger partial charge in [0.05, 0.1) is 18.6 Å². The summed E-state index contributed by atoms with van der Waals surface area (Å²) in [6.07, 6.45) is 2.18. The number of benzene rings is 1. The maximum absolute atomic E-state index is 12.8. The molecule has 0 spiro atoms. The van der Waals surface area contributed by atoms with Gasteiger partial charge in [0.15, 0.2) is 0 Å². The van der Waals surface area contributed by atoms with Gasteiger partial charge in [-0.2, -0.15) is 4.98 Å². The molecule has 2 atom stereocenters. The van der Waals surface area contributed by atoms with Crippen molar-refractivity contribution in [3.8, 4) is 0 Å². The lowest BCUT2D eigenvalue weighted by Gasteiger charge is -2.35. The average Bonchev–Trinajstić information content (AvgIpc) is 3.23. The Balaban J connectivity index is 1.37. The summed E-state index contributed by atoms with van der Waals surface area (Å²) in [6.45, 7) is 9.33. The number of ether oxygens (including phenoxy) is 1. The van der Waals surface area contributed by atoms with Gasteiger partial charge in [0.1, 0.15) is 0 Å². The molecule has 1 aliphatic heterocycles. The Morgan fingerprint density at radius 1 is 1.12 bits per heavy atom. The quantitative estimate of drug-likeness (QED) is 0.539. The van der Waals surface area contributed by atoms with Crippen LogP contribution >= 0.6 is 11.8 Å². The number of amides is 2. The van der Waals surface area contributed by atoms with Gasteiger partial charge in [-0.15, -0.1) is 5.10 Å². The molecule has 1 aromatic carbocycles. The van der Waals surface area contributed by atoms with Crippen LogP contribution in [0.1, 0.15) is 46.7 Å². The predicted octanol–water partition coefficient (Wildman–Crippen LogP) is 2.57. The summed E-state index contributed by atoms with van der Waals surface area (Å²) in [5.41, 5.74) is 4.04. The zero-order valence-electron chi connectivity index (χ0n) is 20.2. The topological polar surface area (TPSA) is 102 Å². The lowest BCUT2D eigenvalue weighted by molar-refractivity contribution is -0.120. The van der Waals surface area contributed by atoms with Crippen LogP contribution in [0.15, 0.2) is 29.4 Å². The molecule has 3 heterocycles. The van der Waals surface area contributed by atoms with E-state index >= 15 is 0 Å². The van der Waals surface area contributed by atoms with E-state index in [1.54, 1.807) is 4.52 Å². The van der Waals surface area contributed by atoms with Crippen LogP contribution < -0.4 is 5.32 Å². The highest BCUT2D eigenvalue weighted by atomic mass is 32.2. The molecule has 0 aliphatic carbocycles. The van der Waals surface area contributed by atoms with E-state index in [-0.39, 0.29) is 30.4 Å². The molecular formula is C24H30N6O3S. The lowest BCUT2D eigenvalue weighted by atomic mass is 10.1. The van der Waals surface area contributed by atoms with Crippen molar-refractivity contribution in [1.82, 2.24) is 29.8 Å². The lowest BCUT2D eigenvalue weighted by Crippen LogP contribution is -2.48. The SMILES string of the molecule is CSc1nc2nc(C)c(CC(=O)NCc3ccc(C(=O)N4CC(C)OC(C)C4)cc3)c(C)n2n1. The largest absolute Gasteiger partial charge is 0.372 e. The van der Waals surface area contributed by atoms with Gasteiger partial charge in [0.25, 0.3) is 11.7 Å². The molecule has 1 fully saturated rings. The molecule has 1 N–H and O–H groups in total. The van der Waals surface area contributed by atoms with Crippen molar-refractivity contribution in [2.45, 2.75) is 58.0 Å². The van der Waals surface area contributed by atoms with Crippen LogP contribution in [0.25, 0.3) is 5.78 Å². The fraction of sp³-hybridized carbons (Fsp3) is 0.458. The minimum absolute atomic E-state index is 0.00386. The van der Waals surface area contributed by atoms with Crippen LogP contribution in [-0.2, 0) is 22.5 Å². The Morgan fingerprint density at radius 3 is 2.44 bits per heavy atom. The number of carbonyl (C=O) groups excluding carboxylic acids is 2. The number of morpholine rings is 1. The van der Waals surface area contributed by atoms with Gasteiger partial charge in [-0.25, -0.2) is 9.50 Å². The van der Waals surface area contributed by atoms with Gasteiger partial charge < -0.3 is 15.0 Å². The van der Waals surface area contributed by atoms with Gasteiger partial charge in [0, 0.05) is 42.1 Å². The Hall–Kier alpha value is -2.98. The number of aryl methyl sites for hydroxylation is 2. The summed E-state index contributed by atoms with van der Waals surface area (Å²) in [6, 6.07) is 7.39. The number of nitrogens with one attached hydrogen (secondary N) is 1. The summed E-state index contributed by atoms with van der Waals surface area (Å²) in [4.78, 5) is 36.2. The number of nitrogens with zero attached hydrogens (tertiary/aromatic N) is 5. The molecule has 2 unspecified atom stereocenters. The molecule has 2 aromatic heterocycles. The van der Waals surface area contributed by atoms with E-state index in [0.29, 0.717) is 36.1 Å². The molecule has 9 nitrogen and oxygen atoms in total. The fourth-order valence-electron chi connectivity index (χ4n) is 4.25. The van der Waals surface area contributed by atoms with E-state index in [4.69, 9.17) is 4.74 Å². The van der Waals surface area contributed by atoms with Crippen molar-refractivity contribution in [1.29, 1.82) is 0 Å². The zero-order valence-corrected chi connectivity index (χ0v) is 21.0. The second-order valence-electron chi connectivity index (χ2n) is 8.69. The van der Waals surface area contributed by atoms with Crippen molar-refractivity contribution in [3.63, 3.8) is 0 Å². The molecule has 10 heteroatoms. The molecule has 2 amide bonds. The zero-order chi connectivity index (χ0) is 24.4. The first-order chi connectivity index (χ1) is 16.2. The molecule has 180 valence electrons. The Labute approximate surface area is 203 Å². The van der Waals surface area contributed by atoms with Crippen molar-refractivity contribution in [3.05, 3.63) is 52.3 Å². The standard InChI is InChI=1S/C24H30N6O3S/c1-14-12-29(13-15(2)33-14)22(32)19-8-6-18(7-9-19)11-25-21(31)10-20-16(3)26-23-27-24(34-5)28-30(23)17(20)4/h6-9,14-15H,10-13H2,1-5H3,(H,25,31). The van der Waals surface area contributed by atoms with Crippen LogP contribution in [0.5, 0.6) is 0 Å². The predicted molar refractivity (Wildman–Crippen MR) is 130 cm³/mol. The highest BCUT2D eigenvalue weighted by molar-refractivity contribution is 7.98. The van der Waals surface area contributed by atoms with E-state index in [1.165, 1.54) is 11.8 Å². The van der Waals surface area contributed by atoms with Crippen LogP contribution in [0.3, 0.4) is 0 Å². The molecule has 0 radical (unpaired) electrons. The minimum Gasteiger partial charge on any atom is -0.372 e. The second-order valence-corrected chi connectivity index (χ2v) is 9.46. The van der Waals surface area contributed by atoms with Crippen molar-refractivity contribution in [2.75, 3.05) is 19.3 Å². The third-order valence-electron chi connectivity index (χ3n) is 5.95. The van der Waals surface area contributed by atoms with Crippen molar-refractivity contribution < 1.29 is 14.3 Å². The van der Waals surface area contributed by atoms with Gasteiger partial charge in [0.2, 0.25) is 11.1 Å². The fourth-order valence-corrected chi connectivity index (χ4v) is 4.58. The summed E-state index contributed by atoms with van der Waals surface area (Å²) in [7, 11) is 0. The van der Waals surface area contributed by atoms with Gasteiger partial charge >= 0.3 is 0 Å². The number of hydrogen-bond acceptors (Lipinski definition) is 7. The molecular weight excluding hydrogens is 452 g/mol. The van der Waals surface area contributed by atoms with Gasteiger partial charge in [-0.3, -0.25) is 9.59 Å². The van der Waals surface area contributed by atoms with Gasteiger partial charge in [-0.05, 0) is 51.6 Å². The number of fused-ring (bicyclic) bond motifs is 1. The third kappa shape index (κ3) is 5.23. The summed E-state index contributed by atoms with van der Waals surface area (Å²) in [5, 5.41) is 8.05.